The predicted octanol–water partition coefficient (Wildman–Crippen LogP) is 5.27. The third-order valence-corrected chi connectivity index (χ3v) is 5.47. The number of hydrogen-bond acceptors (Lipinski definition) is 2. The summed E-state index contributed by atoms with van der Waals surface area (Å²) in [5.74, 6) is 1.41. The summed E-state index contributed by atoms with van der Waals surface area (Å²) >= 11 is 13.6. The molecule has 0 radical (unpaired) electrons. The fourth-order valence-electron chi connectivity index (χ4n) is 2.86. The van der Waals surface area contributed by atoms with Crippen LogP contribution in [0.3, 0.4) is 0 Å². The van der Waals surface area contributed by atoms with Crippen molar-refractivity contribution in [2.24, 2.45) is 17.6 Å². The van der Waals surface area contributed by atoms with Gasteiger partial charge in [-0.1, -0.05) is 49.4 Å². The zero-order valence-electron chi connectivity index (χ0n) is 10.1. The molecular formula is C13H19Cl2NS. The Bertz CT molecular complexity index is 377. The van der Waals surface area contributed by atoms with Gasteiger partial charge in [0.05, 0.1) is 8.67 Å². The van der Waals surface area contributed by atoms with Crippen LogP contribution in [0.4, 0.5) is 0 Å². The Morgan fingerprint density at radius 1 is 1.47 bits per heavy atom. The first-order valence-corrected chi connectivity index (χ1v) is 7.89. The Hall–Kier alpha value is 0.240. The van der Waals surface area contributed by atoms with Crippen LogP contribution >= 0.6 is 34.5 Å². The van der Waals surface area contributed by atoms with Crippen molar-refractivity contribution in [1.82, 2.24) is 0 Å². The van der Waals surface area contributed by atoms with E-state index >= 15 is 0 Å². The molecule has 4 heteroatoms. The van der Waals surface area contributed by atoms with Crippen molar-refractivity contribution in [1.29, 1.82) is 0 Å². The second-order valence-electron chi connectivity index (χ2n) is 5.01. The molecule has 1 aliphatic carbocycles. The molecule has 1 saturated carbocycles. The molecular weight excluding hydrogens is 273 g/mol. The van der Waals surface area contributed by atoms with Crippen LogP contribution in [-0.2, 0) is 0 Å². The predicted molar refractivity (Wildman–Crippen MR) is 77.0 cm³/mol. The second kappa shape index (κ2) is 5.92. The molecule has 0 aromatic carbocycles. The highest BCUT2D eigenvalue weighted by molar-refractivity contribution is 7.20. The van der Waals surface area contributed by atoms with Crippen molar-refractivity contribution in [3.05, 3.63) is 20.3 Å². The number of thiophene rings is 1. The average Bonchev–Trinajstić information content (AvgIpc) is 2.67. The first kappa shape index (κ1) is 13.7. The van der Waals surface area contributed by atoms with Crippen molar-refractivity contribution < 1.29 is 0 Å². The summed E-state index contributed by atoms with van der Waals surface area (Å²) in [5.41, 5.74) is 7.41. The Balaban J connectivity index is 2.08. The quantitative estimate of drug-likeness (QED) is 0.806. The Labute approximate surface area is 117 Å². The van der Waals surface area contributed by atoms with E-state index in [1.54, 1.807) is 0 Å². The fraction of sp³-hybridized carbons (Fsp3) is 0.692. The van der Waals surface area contributed by atoms with Crippen molar-refractivity contribution >= 4 is 34.5 Å². The molecule has 0 saturated heterocycles. The lowest BCUT2D eigenvalue weighted by atomic mass is 9.76. The van der Waals surface area contributed by atoms with Crippen LogP contribution < -0.4 is 5.73 Å². The van der Waals surface area contributed by atoms with Crippen LogP contribution in [0, 0.1) is 11.8 Å². The van der Waals surface area contributed by atoms with Crippen molar-refractivity contribution in [2.75, 3.05) is 0 Å². The summed E-state index contributed by atoms with van der Waals surface area (Å²) in [4.78, 5) is 0. The number of hydrogen-bond donors (Lipinski definition) is 1. The van der Waals surface area contributed by atoms with E-state index in [1.807, 2.05) is 6.07 Å². The molecule has 0 aliphatic heterocycles. The average molecular weight is 292 g/mol. The molecule has 1 fully saturated rings. The van der Waals surface area contributed by atoms with E-state index in [9.17, 15) is 0 Å². The molecule has 1 aromatic rings. The maximum absolute atomic E-state index is 6.36. The SMILES string of the molecule is CCC1CCCC(C(N)c2cc(Cl)sc2Cl)C1. The van der Waals surface area contributed by atoms with Gasteiger partial charge in [-0.2, -0.15) is 0 Å². The molecule has 17 heavy (non-hydrogen) atoms. The highest BCUT2D eigenvalue weighted by Gasteiger charge is 2.28. The van der Waals surface area contributed by atoms with Crippen LogP contribution in [0.25, 0.3) is 0 Å². The van der Waals surface area contributed by atoms with Gasteiger partial charge in [-0.3, -0.25) is 0 Å². The molecule has 1 heterocycles. The molecule has 3 atom stereocenters. The molecule has 0 amide bonds. The van der Waals surface area contributed by atoms with Gasteiger partial charge in [0, 0.05) is 11.6 Å². The van der Waals surface area contributed by atoms with Crippen LogP contribution in [0.15, 0.2) is 6.07 Å². The zero-order valence-corrected chi connectivity index (χ0v) is 12.4. The molecule has 0 bridgehead atoms. The lowest BCUT2D eigenvalue weighted by Gasteiger charge is -2.32. The summed E-state index contributed by atoms with van der Waals surface area (Å²) in [6, 6.07) is 2.00. The first-order chi connectivity index (χ1) is 8.11. The molecule has 2 N–H and O–H groups in total. The smallest absolute Gasteiger partial charge is 0.0991 e. The van der Waals surface area contributed by atoms with Gasteiger partial charge in [-0.25, -0.2) is 0 Å². The van der Waals surface area contributed by atoms with Gasteiger partial charge in [0.25, 0.3) is 0 Å². The van der Waals surface area contributed by atoms with Crippen molar-refractivity contribution in [3.8, 4) is 0 Å². The van der Waals surface area contributed by atoms with E-state index < -0.39 is 0 Å². The minimum absolute atomic E-state index is 0.0561. The van der Waals surface area contributed by atoms with Gasteiger partial charge in [-0.15, -0.1) is 11.3 Å². The van der Waals surface area contributed by atoms with Crippen molar-refractivity contribution in [3.63, 3.8) is 0 Å². The maximum atomic E-state index is 6.36. The van der Waals surface area contributed by atoms with E-state index in [1.165, 1.54) is 43.4 Å². The molecule has 2 rings (SSSR count). The van der Waals surface area contributed by atoms with E-state index in [2.05, 4.69) is 6.92 Å². The lowest BCUT2D eigenvalue weighted by Crippen LogP contribution is -2.26. The largest absolute Gasteiger partial charge is 0.324 e. The normalized spacial score (nSPS) is 27.1. The van der Waals surface area contributed by atoms with Gasteiger partial charge >= 0.3 is 0 Å². The summed E-state index contributed by atoms with van der Waals surface area (Å²) in [5, 5.41) is 0. The minimum atomic E-state index is 0.0561. The van der Waals surface area contributed by atoms with Gasteiger partial charge in [-0.05, 0) is 30.7 Å². The summed E-state index contributed by atoms with van der Waals surface area (Å²) in [6.07, 6.45) is 6.38. The van der Waals surface area contributed by atoms with Gasteiger partial charge in [0.15, 0.2) is 0 Å². The number of rotatable bonds is 3. The van der Waals surface area contributed by atoms with E-state index in [0.717, 1.165) is 20.2 Å². The molecule has 96 valence electrons. The van der Waals surface area contributed by atoms with Gasteiger partial charge < -0.3 is 5.73 Å². The van der Waals surface area contributed by atoms with Crippen molar-refractivity contribution in [2.45, 2.75) is 45.1 Å². The summed E-state index contributed by atoms with van der Waals surface area (Å²) in [7, 11) is 0. The van der Waals surface area contributed by atoms with Crippen LogP contribution in [0.2, 0.25) is 8.67 Å². The van der Waals surface area contributed by atoms with Gasteiger partial charge in [0.1, 0.15) is 0 Å². The molecule has 1 aromatic heterocycles. The standard InChI is InChI=1S/C13H19Cl2NS/c1-2-8-4-3-5-9(6-8)12(16)10-7-11(14)17-13(10)15/h7-9,12H,2-6,16H2,1H3. The maximum Gasteiger partial charge on any atom is 0.0991 e. The minimum Gasteiger partial charge on any atom is -0.324 e. The summed E-state index contributed by atoms with van der Waals surface area (Å²) < 4.78 is 1.50. The van der Waals surface area contributed by atoms with Crippen LogP contribution in [0.1, 0.15) is 50.6 Å². The summed E-state index contributed by atoms with van der Waals surface area (Å²) in [6.45, 7) is 2.27. The van der Waals surface area contributed by atoms with E-state index in [-0.39, 0.29) is 6.04 Å². The first-order valence-electron chi connectivity index (χ1n) is 6.32. The van der Waals surface area contributed by atoms with E-state index in [4.69, 9.17) is 28.9 Å². The zero-order chi connectivity index (χ0) is 12.4. The Morgan fingerprint density at radius 3 is 2.82 bits per heavy atom. The fourth-order valence-corrected chi connectivity index (χ4v) is 4.43. The third kappa shape index (κ3) is 3.17. The lowest BCUT2D eigenvalue weighted by molar-refractivity contribution is 0.230. The second-order valence-corrected chi connectivity index (χ2v) is 7.29. The molecule has 1 aliphatic rings. The topological polar surface area (TPSA) is 26.0 Å². The number of nitrogens with two attached hydrogens (primary N) is 1. The number of halogens is 2. The van der Waals surface area contributed by atoms with Gasteiger partial charge in [0.2, 0.25) is 0 Å². The van der Waals surface area contributed by atoms with Crippen LogP contribution in [-0.4, -0.2) is 0 Å². The third-order valence-electron chi connectivity index (χ3n) is 3.95. The highest BCUT2D eigenvalue weighted by atomic mass is 35.5. The molecule has 3 unspecified atom stereocenters. The Kier molecular flexibility index (Phi) is 4.76. The molecule has 1 nitrogen and oxygen atoms in total. The monoisotopic (exact) mass is 291 g/mol. The Morgan fingerprint density at radius 2 is 2.24 bits per heavy atom. The molecule has 0 spiro atoms. The van der Waals surface area contributed by atoms with E-state index in [0.29, 0.717) is 5.92 Å². The van der Waals surface area contributed by atoms with Crippen LogP contribution in [0.5, 0.6) is 0 Å². The highest BCUT2D eigenvalue weighted by Crippen LogP contribution is 2.42.